The third-order valence-corrected chi connectivity index (χ3v) is 7.52. The van der Waals surface area contributed by atoms with Crippen molar-refractivity contribution in [3.05, 3.63) is 64.4 Å². The number of hydrogen-bond acceptors (Lipinski definition) is 7. The van der Waals surface area contributed by atoms with E-state index < -0.39 is 0 Å². The molecule has 1 saturated heterocycles. The molecule has 1 aliphatic rings. The molecule has 0 amide bonds. The molecule has 0 radical (unpaired) electrons. The SMILES string of the molecule is CCCCOc1cc(CN2CCN(c3ccc(N=C(N)c4cccs4)cc3)CC2)cc(OCCCC)c1O. The standard InChI is InChI=1S/C30H40N4O3S/c1-3-5-17-36-26-20-23(21-27(29(26)35)37-18-6-4-2)22-33-13-15-34(16-14-33)25-11-9-24(10-12-25)32-30(31)28-8-7-19-38-28/h7-12,19-21,35H,3-6,13-18,22H2,1-2H3,(H2,31,32). The Labute approximate surface area is 230 Å². The Morgan fingerprint density at radius 1 is 0.947 bits per heavy atom. The number of phenolic OH excluding ortho intramolecular Hbond substituents is 1. The first kappa shape index (κ1) is 27.8. The zero-order chi connectivity index (χ0) is 26.7. The molecule has 8 heteroatoms. The molecule has 1 aliphatic heterocycles. The number of amidine groups is 1. The van der Waals surface area contributed by atoms with Crippen molar-refractivity contribution >= 4 is 28.5 Å². The molecule has 3 N–H and O–H groups in total. The molecule has 38 heavy (non-hydrogen) atoms. The lowest BCUT2D eigenvalue weighted by molar-refractivity contribution is 0.245. The fraction of sp³-hybridized carbons (Fsp3) is 0.433. The minimum Gasteiger partial charge on any atom is -0.502 e. The number of unbranched alkanes of at least 4 members (excludes halogenated alkanes) is 2. The number of hydrogen-bond donors (Lipinski definition) is 2. The summed E-state index contributed by atoms with van der Waals surface area (Å²) in [6.45, 7) is 10.0. The van der Waals surface area contributed by atoms with Crippen molar-refractivity contribution in [1.82, 2.24) is 4.90 Å². The van der Waals surface area contributed by atoms with E-state index in [0.29, 0.717) is 30.5 Å². The van der Waals surface area contributed by atoms with Crippen molar-refractivity contribution < 1.29 is 14.6 Å². The Morgan fingerprint density at radius 2 is 1.58 bits per heavy atom. The molecule has 3 aromatic rings. The summed E-state index contributed by atoms with van der Waals surface area (Å²) in [7, 11) is 0. The molecule has 0 saturated carbocycles. The summed E-state index contributed by atoms with van der Waals surface area (Å²) < 4.78 is 11.8. The van der Waals surface area contributed by atoms with Gasteiger partial charge in [0.15, 0.2) is 11.5 Å². The Balaban J connectivity index is 1.35. The zero-order valence-electron chi connectivity index (χ0n) is 22.6. The van der Waals surface area contributed by atoms with E-state index in [1.807, 2.05) is 41.8 Å². The lowest BCUT2D eigenvalue weighted by Crippen LogP contribution is -2.45. The van der Waals surface area contributed by atoms with Crippen LogP contribution in [-0.4, -0.2) is 55.2 Å². The maximum Gasteiger partial charge on any atom is 0.200 e. The van der Waals surface area contributed by atoms with E-state index >= 15 is 0 Å². The Morgan fingerprint density at radius 3 is 2.13 bits per heavy atom. The number of ether oxygens (including phenoxy) is 2. The number of piperazine rings is 1. The van der Waals surface area contributed by atoms with Crippen molar-refractivity contribution in [2.45, 2.75) is 46.1 Å². The van der Waals surface area contributed by atoms with Crippen molar-refractivity contribution in [2.75, 3.05) is 44.3 Å². The van der Waals surface area contributed by atoms with Crippen LogP contribution in [0.3, 0.4) is 0 Å². The van der Waals surface area contributed by atoms with Crippen LogP contribution in [0.2, 0.25) is 0 Å². The van der Waals surface area contributed by atoms with Crippen molar-refractivity contribution in [3.63, 3.8) is 0 Å². The van der Waals surface area contributed by atoms with E-state index in [2.05, 4.69) is 40.8 Å². The van der Waals surface area contributed by atoms with Crippen molar-refractivity contribution in [1.29, 1.82) is 0 Å². The van der Waals surface area contributed by atoms with Gasteiger partial charge in [-0.3, -0.25) is 4.90 Å². The molecular formula is C30H40N4O3S. The number of rotatable bonds is 13. The van der Waals surface area contributed by atoms with Gasteiger partial charge in [0.25, 0.3) is 0 Å². The molecule has 0 aliphatic carbocycles. The number of aromatic hydroxyl groups is 1. The van der Waals surface area contributed by atoms with E-state index in [1.54, 1.807) is 11.3 Å². The predicted molar refractivity (Wildman–Crippen MR) is 158 cm³/mol. The van der Waals surface area contributed by atoms with Gasteiger partial charge >= 0.3 is 0 Å². The minimum atomic E-state index is 0.107. The predicted octanol–water partition coefficient (Wildman–Crippen LogP) is 6.17. The summed E-state index contributed by atoms with van der Waals surface area (Å²) in [5.74, 6) is 1.69. The highest BCUT2D eigenvalue weighted by atomic mass is 32.1. The quantitative estimate of drug-likeness (QED) is 0.154. The minimum absolute atomic E-state index is 0.107. The number of anilines is 1. The van der Waals surface area contributed by atoms with Gasteiger partial charge in [0, 0.05) is 38.4 Å². The van der Waals surface area contributed by atoms with Gasteiger partial charge in [-0.15, -0.1) is 11.3 Å². The molecule has 1 aromatic heterocycles. The number of nitrogens with zero attached hydrogens (tertiary/aromatic N) is 3. The molecule has 7 nitrogen and oxygen atoms in total. The molecule has 1 fully saturated rings. The highest BCUT2D eigenvalue weighted by molar-refractivity contribution is 7.12. The van der Waals surface area contributed by atoms with E-state index in [9.17, 15) is 5.11 Å². The van der Waals surface area contributed by atoms with Crippen LogP contribution in [-0.2, 0) is 6.54 Å². The van der Waals surface area contributed by atoms with E-state index in [4.69, 9.17) is 15.2 Å². The Hall–Kier alpha value is -3.23. The number of benzene rings is 2. The summed E-state index contributed by atoms with van der Waals surface area (Å²) in [5.41, 5.74) is 9.29. The van der Waals surface area contributed by atoms with E-state index in [0.717, 1.165) is 74.5 Å². The van der Waals surface area contributed by atoms with Gasteiger partial charge in [-0.25, -0.2) is 4.99 Å². The van der Waals surface area contributed by atoms with Crippen LogP contribution in [0.25, 0.3) is 0 Å². The second-order valence-electron chi connectivity index (χ2n) is 9.60. The monoisotopic (exact) mass is 536 g/mol. The summed E-state index contributed by atoms with van der Waals surface area (Å²) in [4.78, 5) is 10.4. The van der Waals surface area contributed by atoms with Gasteiger partial charge in [0.05, 0.1) is 23.8 Å². The van der Waals surface area contributed by atoms with Crippen LogP contribution in [0.4, 0.5) is 11.4 Å². The summed E-state index contributed by atoms with van der Waals surface area (Å²) in [5, 5.41) is 12.7. The number of nitrogens with two attached hydrogens (primary N) is 1. The average Bonchev–Trinajstić information content (AvgIpc) is 3.48. The Kier molecular flexibility index (Phi) is 10.3. The van der Waals surface area contributed by atoms with Crippen LogP contribution in [0.5, 0.6) is 17.2 Å². The Bertz CT molecular complexity index is 1130. The molecule has 0 atom stereocenters. The zero-order valence-corrected chi connectivity index (χ0v) is 23.4. The van der Waals surface area contributed by atoms with Gasteiger partial charge in [0.2, 0.25) is 5.75 Å². The normalized spacial score (nSPS) is 14.6. The maximum absolute atomic E-state index is 10.7. The topological polar surface area (TPSA) is 83.6 Å². The first-order valence-electron chi connectivity index (χ1n) is 13.6. The number of aliphatic imine (C=N–C) groups is 1. The second kappa shape index (κ2) is 14.1. The summed E-state index contributed by atoms with van der Waals surface area (Å²) >= 11 is 1.59. The third-order valence-electron chi connectivity index (χ3n) is 6.63. The maximum atomic E-state index is 10.7. The van der Waals surface area contributed by atoms with Gasteiger partial charge in [-0.05, 0) is 66.2 Å². The van der Waals surface area contributed by atoms with Crippen LogP contribution < -0.4 is 20.1 Å². The lowest BCUT2D eigenvalue weighted by Gasteiger charge is -2.36. The van der Waals surface area contributed by atoms with Crippen LogP contribution in [0.1, 0.15) is 50.0 Å². The van der Waals surface area contributed by atoms with E-state index in [-0.39, 0.29) is 5.75 Å². The first-order chi connectivity index (χ1) is 18.6. The largest absolute Gasteiger partial charge is 0.502 e. The van der Waals surface area contributed by atoms with Gasteiger partial charge in [-0.1, -0.05) is 32.8 Å². The van der Waals surface area contributed by atoms with Crippen molar-refractivity contribution in [2.24, 2.45) is 10.7 Å². The summed E-state index contributed by atoms with van der Waals surface area (Å²) in [6, 6.07) is 16.2. The van der Waals surface area contributed by atoms with Gasteiger partial charge in [0.1, 0.15) is 5.84 Å². The number of thiophene rings is 1. The molecular weight excluding hydrogens is 496 g/mol. The van der Waals surface area contributed by atoms with Crippen LogP contribution in [0.15, 0.2) is 58.9 Å². The van der Waals surface area contributed by atoms with Crippen molar-refractivity contribution in [3.8, 4) is 17.2 Å². The summed E-state index contributed by atoms with van der Waals surface area (Å²) in [6.07, 6.45) is 3.99. The highest BCUT2D eigenvalue weighted by Crippen LogP contribution is 2.38. The fourth-order valence-electron chi connectivity index (χ4n) is 4.38. The molecule has 2 heterocycles. The molecule has 204 valence electrons. The lowest BCUT2D eigenvalue weighted by atomic mass is 10.1. The van der Waals surface area contributed by atoms with Crippen LogP contribution in [0, 0.1) is 0 Å². The molecule has 0 unspecified atom stereocenters. The van der Waals surface area contributed by atoms with E-state index in [1.165, 1.54) is 5.69 Å². The smallest absolute Gasteiger partial charge is 0.200 e. The second-order valence-corrected chi connectivity index (χ2v) is 10.5. The fourth-order valence-corrected chi connectivity index (χ4v) is 5.01. The molecule has 0 bridgehead atoms. The average molecular weight is 537 g/mol. The van der Waals surface area contributed by atoms with Gasteiger partial charge in [-0.2, -0.15) is 0 Å². The molecule has 4 rings (SSSR count). The molecule has 2 aromatic carbocycles. The highest BCUT2D eigenvalue weighted by Gasteiger charge is 2.20. The molecule has 0 spiro atoms. The third kappa shape index (κ3) is 7.65. The first-order valence-corrected chi connectivity index (χ1v) is 14.5. The van der Waals surface area contributed by atoms with Crippen LogP contribution >= 0.6 is 11.3 Å². The van der Waals surface area contributed by atoms with Gasteiger partial charge < -0.3 is 25.2 Å². The number of phenols is 1.